The van der Waals surface area contributed by atoms with E-state index in [9.17, 15) is 4.79 Å². The molecule has 5 nitrogen and oxygen atoms in total. The fraction of sp³-hybridized carbons (Fsp3) is 0.200. The van der Waals surface area contributed by atoms with Crippen LogP contribution in [0.25, 0.3) is 21.7 Å². The SMILES string of the molecule is C[C@@H](Cn1cccn1)NC(=O)Cc1coc2ccc3ccccc3c12. The molecule has 0 fully saturated rings. The quantitative estimate of drug-likeness (QED) is 0.608. The molecule has 0 saturated carbocycles. The summed E-state index contributed by atoms with van der Waals surface area (Å²) >= 11 is 0. The minimum absolute atomic E-state index is 0.00214. The molecule has 4 aromatic rings. The van der Waals surface area contributed by atoms with Crippen LogP contribution in [0.1, 0.15) is 12.5 Å². The second-order valence-electron chi connectivity index (χ2n) is 6.29. The molecule has 2 aromatic carbocycles. The number of rotatable bonds is 5. The van der Waals surface area contributed by atoms with E-state index in [1.807, 2.05) is 48.1 Å². The van der Waals surface area contributed by atoms with E-state index in [0.29, 0.717) is 13.0 Å². The Labute approximate surface area is 145 Å². The minimum Gasteiger partial charge on any atom is -0.464 e. The van der Waals surface area contributed by atoms with Crippen molar-refractivity contribution >= 4 is 27.6 Å². The molecule has 1 N–H and O–H groups in total. The van der Waals surface area contributed by atoms with E-state index in [1.165, 1.54) is 0 Å². The van der Waals surface area contributed by atoms with Crippen LogP contribution in [0.4, 0.5) is 0 Å². The van der Waals surface area contributed by atoms with E-state index in [1.54, 1.807) is 12.5 Å². The first-order valence-corrected chi connectivity index (χ1v) is 8.35. The lowest BCUT2D eigenvalue weighted by molar-refractivity contribution is -0.121. The number of carbonyl (C=O) groups excluding carboxylic acids is 1. The molecule has 1 amide bonds. The highest BCUT2D eigenvalue weighted by Crippen LogP contribution is 2.30. The van der Waals surface area contributed by atoms with Gasteiger partial charge in [0.15, 0.2) is 0 Å². The van der Waals surface area contributed by atoms with Crippen LogP contribution in [0.2, 0.25) is 0 Å². The molecule has 2 aromatic heterocycles. The summed E-state index contributed by atoms with van der Waals surface area (Å²) in [7, 11) is 0. The van der Waals surface area contributed by atoms with Crippen LogP contribution in [0.3, 0.4) is 0 Å². The van der Waals surface area contributed by atoms with Gasteiger partial charge < -0.3 is 9.73 Å². The number of hydrogen-bond donors (Lipinski definition) is 1. The number of hydrogen-bond acceptors (Lipinski definition) is 3. The van der Waals surface area contributed by atoms with Gasteiger partial charge in [-0.1, -0.05) is 30.3 Å². The Morgan fingerprint density at radius 2 is 2.12 bits per heavy atom. The van der Waals surface area contributed by atoms with Crippen molar-refractivity contribution in [2.45, 2.75) is 25.9 Å². The normalized spacial score (nSPS) is 12.5. The van der Waals surface area contributed by atoms with Crippen LogP contribution in [0.5, 0.6) is 0 Å². The Bertz CT molecular complexity index is 1020. The average molecular weight is 333 g/mol. The van der Waals surface area contributed by atoms with Crippen molar-refractivity contribution in [1.82, 2.24) is 15.1 Å². The topological polar surface area (TPSA) is 60.1 Å². The van der Waals surface area contributed by atoms with E-state index >= 15 is 0 Å². The van der Waals surface area contributed by atoms with E-state index < -0.39 is 0 Å². The van der Waals surface area contributed by atoms with Crippen molar-refractivity contribution in [2.75, 3.05) is 0 Å². The molecule has 5 heteroatoms. The highest BCUT2D eigenvalue weighted by atomic mass is 16.3. The second-order valence-corrected chi connectivity index (χ2v) is 6.29. The maximum Gasteiger partial charge on any atom is 0.224 e. The third-order valence-corrected chi connectivity index (χ3v) is 4.32. The number of aromatic nitrogens is 2. The highest BCUT2D eigenvalue weighted by Gasteiger charge is 2.14. The highest BCUT2D eigenvalue weighted by molar-refractivity contribution is 6.08. The Kier molecular flexibility index (Phi) is 3.98. The molecule has 0 spiro atoms. The molecule has 126 valence electrons. The maximum atomic E-state index is 12.4. The van der Waals surface area contributed by atoms with Crippen molar-refractivity contribution in [1.29, 1.82) is 0 Å². The molecule has 25 heavy (non-hydrogen) atoms. The third kappa shape index (κ3) is 3.13. The van der Waals surface area contributed by atoms with Crippen molar-refractivity contribution in [3.8, 4) is 0 Å². The smallest absolute Gasteiger partial charge is 0.224 e. The standard InChI is InChI=1S/C20H19N3O2/c1-14(12-23-10-4-9-21-23)22-19(24)11-16-13-25-18-8-7-15-5-2-3-6-17(15)20(16)18/h2-10,13-14H,11-12H2,1H3,(H,22,24)/t14-/m0/s1. The first-order chi connectivity index (χ1) is 12.2. The molecule has 0 unspecified atom stereocenters. The molecule has 0 bridgehead atoms. The van der Waals surface area contributed by atoms with Gasteiger partial charge in [-0.25, -0.2) is 0 Å². The Morgan fingerprint density at radius 3 is 2.96 bits per heavy atom. The fourth-order valence-corrected chi connectivity index (χ4v) is 3.24. The average Bonchev–Trinajstić information content (AvgIpc) is 3.24. The molecular formula is C20H19N3O2. The summed E-state index contributed by atoms with van der Waals surface area (Å²) in [5.74, 6) is -0.0182. The molecule has 0 aliphatic carbocycles. The zero-order valence-corrected chi connectivity index (χ0v) is 14.0. The minimum atomic E-state index is -0.0182. The molecule has 4 rings (SSSR count). The lowest BCUT2D eigenvalue weighted by Gasteiger charge is -2.13. The van der Waals surface area contributed by atoms with Crippen LogP contribution in [0, 0.1) is 0 Å². The summed E-state index contributed by atoms with van der Waals surface area (Å²) in [5.41, 5.74) is 1.72. The lowest BCUT2D eigenvalue weighted by Crippen LogP contribution is -2.36. The summed E-state index contributed by atoms with van der Waals surface area (Å²) in [5, 5.41) is 10.5. The van der Waals surface area contributed by atoms with Gasteiger partial charge in [-0.3, -0.25) is 9.48 Å². The number of nitrogens with zero attached hydrogens (tertiary/aromatic N) is 2. The lowest BCUT2D eigenvalue weighted by atomic mass is 10.0. The number of benzene rings is 2. The zero-order chi connectivity index (χ0) is 17.2. The van der Waals surface area contributed by atoms with Crippen LogP contribution < -0.4 is 5.32 Å². The van der Waals surface area contributed by atoms with Crippen molar-refractivity contribution < 1.29 is 9.21 Å². The van der Waals surface area contributed by atoms with Crippen LogP contribution in [-0.2, 0) is 17.8 Å². The summed E-state index contributed by atoms with van der Waals surface area (Å²) < 4.78 is 7.47. The molecule has 0 aliphatic rings. The van der Waals surface area contributed by atoms with E-state index in [-0.39, 0.29) is 11.9 Å². The summed E-state index contributed by atoms with van der Waals surface area (Å²) in [6, 6.07) is 14.0. The van der Waals surface area contributed by atoms with E-state index in [0.717, 1.165) is 27.3 Å². The number of nitrogens with one attached hydrogen (secondary N) is 1. The third-order valence-electron chi connectivity index (χ3n) is 4.32. The van der Waals surface area contributed by atoms with Crippen molar-refractivity contribution in [2.24, 2.45) is 0 Å². The number of fused-ring (bicyclic) bond motifs is 3. The second kappa shape index (κ2) is 6.43. The van der Waals surface area contributed by atoms with Gasteiger partial charge in [0.2, 0.25) is 5.91 Å². The molecular weight excluding hydrogens is 314 g/mol. The first-order valence-electron chi connectivity index (χ1n) is 8.35. The Balaban J connectivity index is 1.54. The predicted octanol–water partition coefficient (Wildman–Crippen LogP) is 3.53. The fourth-order valence-electron chi connectivity index (χ4n) is 3.24. The van der Waals surface area contributed by atoms with Gasteiger partial charge in [0.05, 0.1) is 19.2 Å². The summed E-state index contributed by atoms with van der Waals surface area (Å²) in [4.78, 5) is 12.4. The van der Waals surface area contributed by atoms with Gasteiger partial charge >= 0.3 is 0 Å². The summed E-state index contributed by atoms with van der Waals surface area (Å²) in [6.45, 7) is 2.62. The van der Waals surface area contributed by atoms with Gasteiger partial charge in [-0.05, 0) is 29.8 Å². The molecule has 2 heterocycles. The first kappa shape index (κ1) is 15.4. The van der Waals surface area contributed by atoms with Gasteiger partial charge in [0.1, 0.15) is 5.58 Å². The predicted molar refractivity (Wildman–Crippen MR) is 97.3 cm³/mol. The van der Waals surface area contributed by atoms with Gasteiger partial charge in [-0.15, -0.1) is 0 Å². The van der Waals surface area contributed by atoms with E-state index in [2.05, 4.69) is 22.5 Å². The largest absolute Gasteiger partial charge is 0.464 e. The number of carbonyl (C=O) groups is 1. The van der Waals surface area contributed by atoms with Crippen LogP contribution in [-0.4, -0.2) is 21.7 Å². The number of furan rings is 1. The molecule has 1 atom stereocenters. The van der Waals surface area contributed by atoms with Crippen molar-refractivity contribution in [3.05, 3.63) is 66.7 Å². The van der Waals surface area contributed by atoms with Gasteiger partial charge in [0.25, 0.3) is 0 Å². The summed E-state index contributed by atoms with van der Waals surface area (Å²) in [6.07, 6.45) is 5.61. The molecule has 0 radical (unpaired) electrons. The maximum absolute atomic E-state index is 12.4. The van der Waals surface area contributed by atoms with Crippen LogP contribution >= 0.6 is 0 Å². The monoisotopic (exact) mass is 333 g/mol. The van der Waals surface area contributed by atoms with Crippen molar-refractivity contribution in [3.63, 3.8) is 0 Å². The van der Waals surface area contributed by atoms with Crippen LogP contribution in [0.15, 0.2) is 65.5 Å². The molecule has 0 aliphatic heterocycles. The zero-order valence-electron chi connectivity index (χ0n) is 14.0. The van der Waals surface area contributed by atoms with Gasteiger partial charge in [-0.2, -0.15) is 5.10 Å². The van der Waals surface area contributed by atoms with E-state index in [4.69, 9.17) is 4.42 Å². The van der Waals surface area contributed by atoms with Gasteiger partial charge in [0, 0.05) is 29.4 Å². The molecule has 0 saturated heterocycles. The Morgan fingerprint density at radius 1 is 1.24 bits per heavy atom. The number of amides is 1. The Hall–Kier alpha value is -3.08.